The van der Waals surface area contributed by atoms with Crippen LogP contribution in [-0.2, 0) is 0 Å². The van der Waals surface area contributed by atoms with Gasteiger partial charge in [0.1, 0.15) is 5.75 Å². The summed E-state index contributed by atoms with van der Waals surface area (Å²) in [7, 11) is 0. The van der Waals surface area contributed by atoms with Gasteiger partial charge in [0.15, 0.2) is 0 Å². The first kappa shape index (κ1) is 11.2. The van der Waals surface area contributed by atoms with Crippen molar-refractivity contribution in [2.24, 2.45) is 11.7 Å². The highest BCUT2D eigenvalue weighted by molar-refractivity contribution is 9.10. The monoisotopic (exact) mass is 289 g/mol. The predicted molar refractivity (Wildman–Crippen MR) is 65.1 cm³/mol. The van der Waals surface area contributed by atoms with Gasteiger partial charge in [0.2, 0.25) is 0 Å². The number of aromatic hydroxyl groups is 1. The third-order valence-corrected chi connectivity index (χ3v) is 3.82. The summed E-state index contributed by atoms with van der Waals surface area (Å²) in [6.07, 6.45) is 3.52. The van der Waals surface area contributed by atoms with Crippen LogP contribution in [0.2, 0.25) is 5.02 Å². The fourth-order valence-electron chi connectivity index (χ4n) is 1.89. The van der Waals surface area contributed by atoms with Crippen molar-refractivity contribution in [2.45, 2.75) is 25.3 Å². The summed E-state index contributed by atoms with van der Waals surface area (Å²) in [5, 5.41) is 10.2. The van der Waals surface area contributed by atoms with Crippen molar-refractivity contribution in [3.63, 3.8) is 0 Å². The molecule has 0 bridgehead atoms. The number of nitrogens with two attached hydrogens (primary N) is 1. The molecule has 82 valence electrons. The zero-order valence-corrected chi connectivity index (χ0v) is 10.6. The molecule has 1 fully saturated rings. The van der Waals surface area contributed by atoms with Crippen molar-refractivity contribution in [2.75, 3.05) is 0 Å². The Morgan fingerprint density at radius 2 is 2.13 bits per heavy atom. The van der Waals surface area contributed by atoms with Crippen molar-refractivity contribution in [3.8, 4) is 5.75 Å². The Morgan fingerprint density at radius 3 is 2.67 bits per heavy atom. The van der Waals surface area contributed by atoms with Gasteiger partial charge < -0.3 is 10.8 Å². The van der Waals surface area contributed by atoms with Crippen molar-refractivity contribution in [3.05, 3.63) is 27.2 Å². The standard InChI is InChI=1S/C11H13BrClNO/c12-7-4-8(11(15)9(13)5-7)10(14)6-2-1-3-6/h4-6,10,15H,1-3,14H2/t10-/m0/s1. The lowest BCUT2D eigenvalue weighted by Crippen LogP contribution is -2.26. The van der Waals surface area contributed by atoms with Crippen LogP contribution in [0.15, 0.2) is 16.6 Å². The van der Waals surface area contributed by atoms with Crippen LogP contribution >= 0.6 is 27.5 Å². The van der Waals surface area contributed by atoms with Gasteiger partial charge in [-0.25, -0.2) is 0 Å². The molecule has 0 radical (unpaired) electrons. The van der Waals surface area contributed by atoms with Gasteiger partial charge >= 0.3 is 0 Å². The zero-order chi connectivity index (χ0) is 11.0. The molecule has 0 aromatic heterocycles. The van der Waals surface area contributed by atoms with E-state index < -0.39 is 0 Å². The molecule has 0 unspecified atom stereocenters. The molecule has 0 aliphatic heterocycles. The van der Waals surface area contributed by atoms with Gasteiger partial charge in [-0.05, 0) is 30.9 Å². The van der Waals surface area contributed by atoms with Crippen LogP contribution < -0.4 is 5.73 Å². The van der Waals surface area contributed by atoms with Crippen LogP contribution in [0.4, 0.5) is 0 Å². The largest absolute Gasteiger partial charge is 0.506 e. The zero-order valence-electron chi connectivity index (χ0n) is 8.21. The summed E-state index contributed by atoms with van der Waals surface area (Å²) in [6.45, 7) is 0. The molecule has 0 spiro atoms. The van der Waals surface area contributed by atoms with Crippen LogP contribution in [0.25, 0.3) is 0 Å². The summed E-state index contributed by atoms with van der Waals surface area (Å²) < 4.78 is 0.857. The van der Waals surface area contributed by atoms with Crippen molar-refractivity contribution < 1.29 is 5.11 Å². The fraction of sp³-hybridized carbons (Fsp3) is 0.455. The molecule has 0 amide bonds. The maximum absolute atomic E-state index is 9.83. The molecule has 1 aliphatic carbocycles. The Labute approximate surface area is 103 Å². The quantitative estimate of drug-likeness (QED) is 0.874. The van der Waals surface area contributed by atoms with Crippen molar-refractivity contribution in [1.29, 1.82) is 0 Å². The van der Waals surface area contributed by atoms with Gasteiger partial charge in [-0.2, -0.15) is 0 Å². The van der Waals surface area contributed by atoms with Crippen molar-refractivity contribution in [1.82, 2.24) is 0 Å². The number of rotatable bonds is 2. The highest BCUT2D eigenvalue weighted by Crippen LogP contribution is 2.42. The van der Waals surface area contributed by atoms with Crippen LogP contribution in [0.1, 0.15) is 30.9 Å². The number of benzene rings is 1. The van der Waals surface area contributed by atoms with E-state index in [2.05, 4.69) is 15.9 Å². The molecule has 1 aromatic carbocycles. The van der Waals surface area contributed by atoms with Crippen LogP contribution in [0.3, 0.4) is 0 Å². The molecule has 2 nitrogen and oxygen atoms in total. The smallest absolute Gasteiger partial charge is 0.139 e. The van der Waals surface area contributed by atoms with E-state index in [1.54, 1.807) is 6.07 Å². The van der Waals surface area contributed by atoms with E-state index >= 15 is 0 Å². The second-order valence-corrected chi connectivity index (χ2v) is 5.37. The lowest BCUT2D eigenvalue weighted by atomic mass is 9.77. The molecule has 1 saturated carbocycles. The molecule has 1 atom stereocenters. The van der Waals surface area contributed by atoms with Gasteiger partial charge in [-0.3, -0.25) is 0 Å². The number of hydrogen-bond acceptors (Lipinski definition) is 2. The first-order valence-electron chi connectivity index (χ1n) is 5.03. The minimum atomic E-state index is -0.103. The maximum Gasteiger partial charge on any atom is 0.139 e. The Hall–Kier alpha value is -0.250. The fourth-order valence-corrected chi connectivity index (χ4v) is 2.73. The van der Waals surface area contributed by atoms with E-state index in [1.807, 2.05) is 6.07 Å². The van der Waals surface area contributed by atoms with E-state index in [0.29, 0.717) is 10.9 Å². The molecule has 0 saturated heterocycles. The van der Waals surface area contributed by atoms with Crippen LogP contribution in [0, 0.1) is 5.92 Å². The Kier molecular flexibility index (Phi) is 3.24. The van der Waals surface area contributed by atoms with Crippen LogP contribution in [-0.4, -0.2) is 5.11 Å². The predicted octanol–water partition coefficient (Wildman–Crippen LogP) is 3.61. The summed E-state index contributed by atoms with van der Waals surface area (Å²) in [4.78, 5) is 0. The second kappa shape index (κ2) is 4.32. The van der Waals surface area contributed by atoms with Gasteiger partial charge in [-0.1, -0.05) is 34.0 Å². The highest BCUT2D eigenvalue weighted by Gasteiger charge is 2.28. The molecular weight excluding hydrogens is 277 g/mol. The molecule has 4 heteroatoms. The van der Waals surface area contributed by atoms with E-state index in [9.17, 15) is 5.11 Å². The highest BCUT2D eigenvalue weighted by atomic mass is 79.9. The molecule has 0 heterocycles. The Bertz CT molecular complexity index is 379. The normalized spacial score (nSPS) is 18.6. The molecule has 3 N–H and O–H groups in total. The first-order chi connectivity index (χ1) is 7.09. The molecule has 2 rings (SSSR count). The number of hydrogen-bond donors (Lipinski definition) is 2. The van der Waals surface area contributed by atoms with Gasteiger partial charge in [-0.15, -0.1) is 0 Å². The number of halogens is 2. The average Bonchev–Trinajstić information content (AvgIpc) is 2.08. The minimum Gasteiger partial charge on any atom is -0.506 e. The summed E-state index contributed by atoms with van der Waals surface area (Å²) >= 11 is 9.25. The molecular formula is C11H13BrClNO. The van der Waals surface area contributed by atoms with E-state index in [1.165, 1.54) is 6.42 Å². The minimum absolute atomic E-state index is 0.103. The maximum atomic E-state index is 9.83. The first-order valence-corrected chi connectivity index (χ1v) is 6.20. The van der Waals surface area contributed by atoms with E-state index in [-0.39, 0.29) is 11.8 Å². The van der Waals surface area contributed by atoms with Crippen molar-refractivity contribution >= 4 is 27.5 Å². The molecule has 1 aromatic rings. The number of phenolic OH excluding ortho intramolecular Hbond substituents is 1. The third kappa shape index (κ3) is 2.14. The summed E-state index contributed by atoms with van der Waals surface area (Å²) in [6, 6.07) is 3.42. The molecule has 15 heavy (non-hydrogen) atoms. The third-order valence-electron chi connectivity index (χ3n) is 3.07. The summed E-state index contributed by atoms with van der Waals surface area (Å²) in [5.41, 5.74) is 6.85. The molecule has 1 aliphatic rings. The van der Waals surface area contributed by atoms with E-state index in [4.69, 9.17) is 17.3 Å². The topological polar surface area (TPSA) is 46.2 Å². The Balaban J connectivity index is 2.33. The number of phenols is 1. The van der Waals surface area contributed by atoms with Gasteiger partial charge in [0, 0.05) is 16.1 Å². The average molecular weight is 291 g/mol. The lowest BCUT2D eigenvalue weighted by molar-refractivity contribution is 0.260. The van der Waals surface area contributed by atoms with Gasteiger partial charge in [0.05, 0.1) is 5.02 Å². The second-order valence-electron chi connectivity index (χ2n) is 4.04. The Morgan fingerprint density at radius 1 is 1.47 bits per heavy atom. The summed E-state index contributed by atoms with van der Waals surface area (Å²) in [5.74, 6) is 0.612. The van der Waals surface area contributed by atoms with Crippen LogP contribution in [0.5, 0.6) is 5.75 Å². The van der Waals surface area contributed by atoms with Gasteiger partial charge in [0.25, 0.3) is 0 Å². The SMILES string of the molecule is N[C@H](c1cc(Br)cc(Cl)c1O)C1CCC1. The van der Waals surface area contributed by atoms with E-state index in [0.717, 1.165) is 22.9 Å². The lowest BCUT2D eigenvalue weighted by Gasteiger charge is -2.32.